The Morgan fingerprint density at radius 3 is 2.63 bits per heavy atom. The molecule has 1 N–H and O–H groups in total. The van der Waals surface area contributed by atoms with Gasteiger partial charge in [-0.25, -0.2) is 0 Å². The van der Waals surface area contributed by atoms with E-state index in [0.29, 0.717) is 17.9 Å². The highest BCUT2D eigenvalue weighted by molar-refractivity contribution is 5.79. The topological polar surface area (TPSA) is 41.6 Å². The molecule has 2 aliphatic rings. The third kappa shape index (κ3) is 4.46. The zero-order valence-corrected chi connectivity index (χ0v) is 12.4. The van der Waals surface area contributed by atoms with Crippen molar-refractivity contribution in [3.63, 3.8) is 0 Å². The molecular weight excluding hydrogens is 240 g/mol. The average molecular weight is 268 g/mol. The van der Waals surface area contributed by atoms with Gasteiger partial charge in [0.15, 0.2) is 0 Å². The van der Waals surface area contributed by atoms with Gasteiger partial charge in [0, 0.05) is 26.2 Å². The highest BCUT2D eigenvalue weighted by Crippen LogP contribution is 2.19. The molecule has 0 radical (unpaired) electrons. The van der Waals surface area contributed by atoms with E-state index in [-0.39, 0.29) is 5.92 Å². The van der Waals surface area contributed by atoms with Gasteiger partial charge >= 0.3 is 0 Å². The number of amides is 1. The summed E-state index contributed by atoms with van der Waals surface area (Å²) in [5.74, 6) is 1.16. The molecule has 0 saturated carbocycles. The Kier molecular flexibility index (Phi) is 5.64. The Morgan fingerprint density at radius 2 is 2.05 bits per heavy atom. The summed E-state index contributed by atoms with van der Waals surface area (Å²) < 4.78 is 5.87. The number of nitrogens with one attached hydrogen (secondary N) is 1. The zero-order chi connectivity index (χ0) is 13.7. The van der Waals surface area contributed by atoms with Gasteiger partial charge in [-0.05, 0) is 38.1 Å². The summed E-state index contributed by atoms with van der Waals surface area (Å²) in [6, 6.07) is 0. The first kappa shape index (κ1) is 14.8. The third-order valence-electron chi connectivity index (χ3n) is 4.07. The Morgan fingerprint density at radius 1 is 1.32 bits per heavy atom. The van der Waals surface area contributed by atoms with Crippen LogP contribution in [0.2, 0.25) is 0 Å². The standard InChI is InChI=1S/C15H28N2O2/c1-12(2)11-19-14-5-8-17(9-6-14)15(18)13-4-3-7-16-10-13/h12-14,16H,3-11H2,1-2H3. The molecule has 4 heteroatoms. The van der Waals surface area contributed by atoms with Crippen molar-refractivity contribution < 1.29 is 9.53 Å². The van der Waals surface area contributed by atoms with E-state index in [1.54, 1.807) is 0 Å². The van der Waals surface area contributed by atoms with E-state index in [9.17, 15) is 4.79 Å². The van der Waals surface area contributed by atoms with Crippen molar-refractivity contribution in [2.45, 2.75) is 45.6 Å². The molecular formula is C15H28N2O2. The lowest BCUT2D eigenvalue weighted by molar-refractivity contribution is -0.138. The fourth-order valence-electron chi connectivity index (χ4n) is 2.89. The molecule has 110 valence electrons. The van der Waals surface area contributed by atoms with E-state index in [4.69, 9.17) is 4.74 Å². The van der Waals surface area contributed by atoms with Crippen LogP contribution in [0.25, 0.3) is 0 Å². The lowest BCUT2D eigenvalue weighted by Gasteiger charge is -2.35. The average Bonchev–Trinajstić information content (AvgIpc) is 2.46. The summed E-state index contributed by atoms with van der Waals surface area (Å²) in [5, 5.41) is 3.32. The van der Waals surface area contributed by atoms with E-state index in [1.165, 1.54) is 0 Å². The number of carbonyl (C=O) groups is 1. The summed E-state index contributed by atoms with van der Waals surface area (Å²) in [4.78, 5) is 14.4. The van der Waals surface area contributed by atoms with Crippen molar-refractivity contribution in [1.82, 2.24) is 10.2 Å². The van der Waals surface area contributed by atoms with Crippen LogP contribution in [0.15, 0.2) is 0 Å². The van der Waals surface area contributed by atoms with Gasteiger partial charge < -0.3 is 15.0 Å². The predicted octanol–water partition coefficient (Wildman–Crippen LogP) is 1.65. The van der Waals surface area contributed by atoms with Gasteiger partial charge in [-0.3, -0.25) is 4.79 Å². The maximum Gasteiger partial charge on any atom is 0.226 e. The van der Waals surface area contributed by atoms with Crippen LogP contribution in [-0.2, 0) is 9.53 Å². The van der Waals surface area contributed by atoms with Crippen LogP contribution in [0.3, 0.4) is 0 Å². The normalized spacial score (nSPS) is 25.8. The number of hydrogen-bond donors (Lipinski definition) is 1. The Bertz CT molecular complexity index is 280. The largest absolute Gasteiger partial charge is 0.378 e. The van der Waals surface area contributed by atoms with Gasteiger partial charge in [0.05, 0.1) is 12.0 Å². The number of carbonyl (C=O) groups excluding carboxylic acids is 1. The van der Waals surface area contributed by atoms with Crippen molar-refractivity contribution in [2.75, 3.05) is 32.8 Å². The summed E-state index contributed by atoms with van der Waals surface area (Å²) in [6.45, 7) is 8.86. The Hall–Kier alpha value is -0.610. The van der Waals surface area contributed by atoms with Crippen LogP contribution in [0.5, 0.6) is 0 Å². The molecule has 19 heavy (non-hydrogen) atoms. The van der Waals surface area contributed by atoms with E-state index < -0.39 is 0 Å². The number of likely N-dealkylation sites (tertiary alicyclic amines) is 1. The molecule has 2 rings (SSSR count). The minimum absolute atomic E-state index is 0.210. The summed E-state index contributed by atoms with van der Waals surface area (Å²) in [6.07, 6.45) is 4.54. The maximum absolute atomic E-state index is 12.4. The quantitative estimate of drug-likeness (QED) is 0.843. The zero-order valence-electron chi connectivity index (χ0n) is 12.4. The monoisotopic (exact) mass is 268 g/mol. The van der Waals surface area contributed by atoms with Crippen LogP contribution >= 0.6 is 0 Å². The van der Waals surface area contributed by atoms with Crippen LogP contribution in [0, 0.1) is 11.8 Å². The molecule has 0 aliphatic carbocycles. The molecule has 0 spiro atoms. The maximum atomic E-state index is 12.4. The van der Waals surface area contributed by atoms with Crippen molar-refractivity contribution in [2.24, 2.45) is 11.8 Å². The summed E-state index contributed by atoms with van der Waals surface area (Å²) >= 11 is 0. The second kappa shape index (κ2) is 7.25. The first-order valence-electron chi connectivity index (χ1n) is 7.78. The second-order valence-corrected chi connectivity index (χ2v) is 6.30. The van der Waals surface area contributed by atoms with E-state index in [1.807, 2.05) is 4.90 Å². The van der Waals surface area contributed by atoms with Crippen molar-refractivity contribution >= 4 is 5.91 Å². The summed E-state index contributed by atoms with van der Waals surface area (Å²) in [5.41, 5.74) is 0. The summed E-state index contributed by atoms with van der Waals surface area (Å²) in [7, 11) is 0. The highest BCUT2D eigenvalue weighted by Gasteiger charge is 2.29. The van der Waals surface area contributed by atoms with Crippen LogP contribution in [0.4, 0.5) is 0 Å². The predicted molar refractivity (Wildman–Crippen MR) is 76.0 cm³/mol. The fraction of sp³-hybridized carbons (Fsp3) is 0.933. The second-order valence-electron chi connectivity index (χ2n) is 6.30. The van der Waals surface area contributed by atoms with Crippen molar-refractivity contribution in [3.8, 4) is 0 Å². The molecule has 2 saturated heterocycles. The molecule has 4 nitrogen and oxygen atoms in total. The molecule has 0 bridgehead atoms. The number of piperidine rings is 2. The molecule has 2 fully saturated rings. The first-order valence-corrected chi connectivity index (χ1v) is 7.78. The van der Waals surface area contributed by atoms with Crippen LogP contribution in [0.1, 0.15) is 39.5 Å². The lowest BCUT2D eigenvalue weighted by Crippen LogP contribution is -2.47. The SMILES string of the molecule is CC(C)COC1CCN(C(=O)C2CCCNC2)CC1. The van der Waals surface area contributed by atoms with Gasteiger partial charge in [0.1, 0.15) is 0 Å². The lowest BCUT2D eigenvalue weighted by atomic mass is 9.96. The Labute approximate surface area is 116 Å². The number of nitrogens with zero attached hydrogens (tertiary/aromatic N) is 1. The van der Waals surface area contributed by atoms with Crippen molar-refractivity contribution in [3.05, 3.63) is 0 Å². The number of ether oxygens (including phenoxy) is 1. The van der Waals surface area contributed by atoms with Crippen molar-refractivity contribution in [1.29, 1.82) is 0 Å². The first-order chi connectivity index (χ1) is 9.16. The van der Waals surface area contributed by atoms with Gasteiger partial charge in [0.25, 0.3) is 0 Å². The van der Waals surface area contributed by atoms with Gasteiger partial charge in [-0.2, -0.15) is 0 Å². The van der Waals surface area contributed by atoms with Gasteiger partial charge in [-0.1, -0.05) is 13.8 Å². The molecule has 1 atom stereocenters. The number of hydrogen-bond acceptors (Lipinski definition) is 3. The molecule has 2 aliphatic heterocycles. The van der Waals surface area contributed by atoms with E-state index in [2.05, 4.69) is 19.2 Å². The molecule has 0 aromatic heterocycles. The van der Waals surface area contributed by atoms with E-state index in [0.717, 1.165) is 58.5 Å². The minimum atomic E-state index is 0.210. The fourth-order valence-corrected chi connectivity index (χ4v) is 2.89. The smallest absolute Gasteiger partial charge is 0.226 e. The van der Waals surface area contributed by atoms with Gasteiger partial charge in [-0.15, -0.1) is 0 Å². The van der Waals surface area contributed by atoms with Crippen LogP contribution in [-0.4, -0.2) is 49.7 Å². The molecule has 0 aromatic carbocycles. The molecule has 2 heterocycles. The highest BCUT2D eigenvalue weighted by atomic mass is 16.5. The van der Waals surface area contributed by atoms with Gasteiger partial charge in [0.2, 0.25) is 5.91 Å². The minimum Gasteiger partial charge on any atom is -0.378 e. The van der Waals surface area contributed by atoms with Crippen LogP contribution < -0.4 is 5.32 Å². The number of rotatable bonds is 4. The third-order valence-corrected chi connectivity index (χ3v) is 4.07. The molecule has 1 amide bonds. The molecule has 0 aromatic rings. The molecule has 1 unspecified atom stereocenters. The Balaban J connectivity index is 1.71. The van der Waals surface area contributed by atoms with E-state index >= 15 is 0 Å².